The molecule has 6 heteroatoms. The van der Waals surface area contributed by atoms with Crippen molar-refractivity contribution in [2.45, 2.75) is 19.8 Å². The molecule has 0 aliphatic carbocycles. The van der Waals surface area contributed by atoms with Gasteiger partial charge in [0.05, 0.1) is 0 Å². The van der Waals surface area contributed by atoms with Crippen LogP contribution in [0.3, 0.4) is 0 Å². The van der Waals surface area contributed by atoms with E-state index in [1.54, 1.807) is 0 Å². The van der Waals surface area contributed by atoms with Crippen molar-refractivity contribution in [1.82, 2.24) is 4.90 Å². The highest BCUT2D eigenvalue weighted by atomic mass is 16.5. The summed E-state index contributed by atoms with van der Waals surface area (Å²) in [4.78, 5) is 16.1. The topological polar surface area (TPSA) is 78.3 Å². The second-order valence-electron chi connectivity index (χ2n) is 3.87. The number of carbonyl (C=O) groups is 1. The first-order chi connectivity index (χ1) is 7.77. The van der Waals surface area contributed by atoms with Crippen molar-refractivity contribution in [2.24, 2.45) is 11.0 Å². The first-order valence-corrected chi connectivity index (χ1v) is 5.64. The van der Waals surface area contributed by atoms with Gasteiger partial charge < -0.3 is 9.64 Å². The maximum atomic E-state index is 11.6. The number of ether oxygens (including phenoxy) is 1. The highest BCUT2D eigenvalue weighted by Crippen LogP contribution is 2.18. The minimum atomic E-state index is 0.162. The third kappa shape index (κ3) is 4.08. The van der Waals surface area contributed by atoms with E-state index in [0.29, 0.717) is 32.7 Å². The van der Waals surface area contributed by atoms with Gasteiger partial charge in [-0.05, 0) is 24.8 Å². The lowest BCUT2D eigenvalue weighted by atomic mass is 10.1. The normalized spacial score (nSPS) is 19.9. The van der Waals surface area contributed by atoms with Gasteiger partial charge in [0.25, 0.3) is 0 Å². The molecule has 0 N–H and O–H groups in total. The van der Waals surface area contributed by atoms with Gasteiger partial charge in [-0.15, -0.1) is 0 Å². The maximum absolute atomic E-state index is 11.6. The molecule has 1 heterocycles. The van der Waals surface area contributed by atoms with Gasteiger partial charge in [-0.2, -0.15) is 0 Å². The summed E-state index contributed by atoms with van der Waals surface area (Å²) in [5.41, 5.74) is 8.20. The number of nitrogens with zero attached hydrogens (tertiary/aromatic N) is 4. The number of hydrogen-bond donors (Lipinski definition) is 0. The zero-order valence-electron chi connectivity index (χ0n) is 9.63. The molecule has 0 saturated carbocycles. The molecule has 0 aromatic rings. The Bertz CT molecular complexity index is 276. The Morgan fingerprint density at radius 1 is 1.69 bits per heavy atom. The van der Waals surface area contributed by atoms with Gasteiger partial charge in [0.1, 0.15) is 0 Å². The summed E-state index contributed by atoms with van der Waals surface area (Å²) in [6.45, 7) is 5.24. The fourth-order valence-electron chi connectivity index (χ4n) is 1.85. The minimum absolute atomic E-state index is 0.162. The van der Waals surface area contributed by atoms with E-state index >= 15 is 0 Å². The monoisotopic (exact) mass is 226 g/mol. The van der Waals surface area contributed by atoms with Crippen LogP contribution >= 0.6 is 0 Å². The van der Waals surface area contributed by atoms with Crippen LogP contribution in [0.4, 0.5) is 0 Å². The average molecular weight is 226 g/mol. The minimum Gasteiger partial charge on any atom is -0.382 e. The molecule has 1 rings (SSSR count). The van der Waals surface area contributed by atoms with Gasteiger partial charge in [-0.3, -0.25) is 4.79 Å². The quantitative estimate of drug-likeness (QED) is 0.286. The second-order valence-corrected chi connectivity index (χ2v) is 3.87. The van der Waals surface area contributed by atoms with Crippen LogP contribution in [0.25, 0.3) is 10.4 Å². The maximum Gasteiger partial charge on any atom is 0.222 e. The summed E-state index contributed by atoms with van der Waals surface area (Å²) < 4.78 is 5.22. The molecule has 0 spiro atoms. The molecule has 1 aliphatic rings. The summed E-state index contributed by atoms with van der Waals surface area (Å²) in [6, 6.07) is 0. The van der Waals surface area contributed by atoms with E-state index < -0.39 is 0 Å². The predicted octanol–water partition coefficient (Wildman–Crippen LogP) is 1.57. The van der Waals surface area contributed by atoms with Crippen LogP contribution in [0.15, 0.2) is 5.11 Å². The Kier molecular flexibility index (Phi) is 5.67. The molecule has 1 saturated heterocycles. The summed E-state index contributed by atoms with van der Waals surface area (Å²) in [6.07, 6.45) is 1.38. The summed E-state index contributed by atoms with van der Waals surface area (Å²) in [5.74, 6) is 0.352. The molecule has 0 aromatic heterocycles. The third-order valence-corrected chi connectivity index (χ3v) is 2.62. The van der Waals surface area contributed by atoms with Crippen molar-refractivity contribution in [3.05, 3.63) is 10.4 Å². The van der Waals surface area contributed by atoms with Crippen LogP contribution in [-0.2, 0) is 9.53 Å². The molecule has 90 valence electrons. The third-order valence-electron chi connectivity index (χ3n) is 2.62. The lowest BCUT2D eigenvalue weighted by molar-refractivity contribution is -0.127. The Labute approximate surface area is 95.2 Å². The fraction of sp³-hybridized carbons (Fsp3) is 0.900. The first kappa shape index (κ1) is 12.8. The lowest BCUT2D eigenvalue weighted by Gasteiger charge is -2.15. The zero-order chi connectivity index (χ0) is 11.8. The van der Waals surface area contributed by atoms with Crippen molar-refractivity contribution in [2.75, 3.05) is 32.8 Å². The second kappa shape index (κ2) is 7.09. The van der Waals surface area contributed by atoms with Gasteiger partial charge in [-0.1, -0.05) is 5.11 Å². The van der Waals surface area contributed by atoms with Gasteiger partial charge in [0, 0.05) is 44.2 Å². The van der Waals surface area contributed by atoms with Gasteiger partial charge in [-0.25, -0.2) is 0 Å². The molecular weight excluding hydrogens is 208 g/mol. The smallest absolute Gasteiger partial charge is 0.222 e. The van der Waals surface area contributed by atoms with Crippen molar-refractivity contribution in [1.29, 1.82) is 0 Å². The number of carbonyl (C=O) groups excluding carboxylic acids is 1. The molecule has 1 fully saturated rings. The molecule has 1 amide bonds. The van der Waals surface area contributed by atoms with Crippen molar-refractivity contribution in [3.63, 3.8) is 0 Å². The zero-order valence-corrected chi connectivity index (χ0v) is 9.63. The van der Waals surface area contributed by atoms with E-state index in [2.05, 4.69) is 10.0 Å². The van der Waals surface area contributed by atoms with Gasteiger partial charge >= 0.3 is 0 Å². The van der Waals surface area contributed by atoms with E-state index in [1.807, 2.05) is 11.8 Å². The van der Waals surface area contributed by atoms with Crippen LogP contribution < -0.4 is 0 Å². The Hall–Kier alpha value is -1.26. The molecule has 6 nitrogen and oxygen atoms in total. The summed E-state index contributed by atoms with van der Waals surface area (Å²) >= 11 is 0. The SMILES string of the molecule is CCOCCCN1CC(CN=[N+]=[N-])CC1=O. The number of azide groups is 1. The van der Waals surface area contributed by atoms with E-state index in [9.17, 15) is 4.79 Å². The molecular formula is C10H18N4O2. The van der Waals surface area contributed by atoms with Gasteiger partial charge in [0.15, 0.2) is 0 Å². The number of hydrogen-bond acceptors (Lipinski definition) is 3. The van der Waals surface area contributed by atoms with E-state index in [4.69, 9.17) is 10.3 Å². The van der Waals surface area contributed by atoms with Crippen molar-refractivity contribution < 1.29 is 9.53 Å². The largest absolute Gasteiger partial charge is 0.382 e. The molecule has 0 aromatic carbocycles. The van der Waals surface area contributed by atoms with Crippen molar-refractivity contribution >= 4 is 5.91 Å². The molecule has 1 unspecified atom stereocenters. The highest BCUT2D eigenvalue weighted by molar-refractivity contribution is 5.78. The molecule has 0 bridgehead atoms. The fourth-order valence-corrected chi connectivity index (χ4v) is 1.85. The Morgan fingerprint density at radius 2 is 2.50 bits per heavy atom. The standard InChI is InChI=1S/C10H18N4O2/c1-2-16-5-3-4-14-8-9(6-10(14)15)7-12-13-11/h9H,2-8H2,1H3. The summed E-state index contributed by atoms with van der Waals surface area (Å²) in [5, 5.41) is 3.51. The lowest BCUT2D eigenvalue weighted by Crippen LogP contribution is -2.27. The van der Waals surface area contributed by atoms with Crippen LogP contribution in [0.5, 0.6) is 0 Å². The first-order valence-electron chi connectivity index (χ1n) is 5.64. The molecule has 1 atom stereocenters. The molecule has 16 heavy (non-hydrogen) atoms. The van der Waals surface area contributed by atoms with Crippen LogP contribution in [0, 0.1) is 5.92 Å². The van der Waals surface area contributed by atoms with E-state index in [1.165, 1.54) is 0 Å². The molecule has 0 radical (unpaired) electrons. The average Bonchev–Trinajstić information content (AvgIpc) is 2.63. The van der Waals surface area contributed by atoms with Crippen LogP contribution in [0.2, 0.25) is 0 Å². The number of rotatable bonds is 7. The van der Waals surface area contributed by atoms with Crippen LogP contribution in [0.1, 0.15) is 19.8 Å². The van der Waals surface area contributed by atoms with Gasteiger partial charge in [0.2, 0.25) is 5.91 Å². The van der Waals surface area contributed by atoms with E-state index in [0.717, 1.165) is 13.0 Å². The van der Waals surface area contributed by atoms with E-state index in [-0.39, 0.29) is 11.8 Å². The summed E-state index contributed by atoms with van der Waals surface area (Å²) in [7, 11) is 0. The molecule has 1 aliphatic heterocycles. The number of likely N-dealkylation sites (tertiary alicyclic amines) is 1. The van der Waals surface area contributed by atoms with Crippen molar-refractivity contribution in [3.8, 4) is 0 Å². The number of amides is 1. The Balaban J connectivity index is 2.22. The van der Waals surface area contributed by atoms with Crippen LogP contribution in [-0.4, -0.2) is 43.7 Å². The predicted molar refractivity (Wildman–Crippen MR) is 59.8 cm³/mol. The highest BCUT2D eigenvalue weighted by Gasteiger charge is 2.28. The Morgan fingerprint density at radius 3 is 3.19 bits per heavy atom.